The molecule has 0 spiro atoms. The summed E-state index contributed by atoms with van der Waals surface area (Å²) < 4.78 is 0. The van der Waals surface area contributed by atoms with Crippen molar-refractivity contribution in [3.8, 4) is 0 Å². The van der Waals surface area contributed by atoms with E-state index < -0.39 is 5.97 Å². The van der Waals surface area contributed by atoms with Crippen molar-refractivity contribution in [2.75, 3.05) is 18.4 Å². The second kappa shape index (κ2) is 7.72. The first-order chi connectivity index (χ1) is 12.5. The van der Waals surface area contributed by atoms with E-state index in [1.807, 2.05) is 6.92 Å². The summed E-state index contributed by atoms with van der Waals surface area (Å²) in [6.07, 6.45) is 3.81. The molecule has 1 aliphatic carbocycles. The van der Waals surface area contributed by atoms with Gasteiger partial charge in [-0.05, 0) is 63.3 Å². The van der Waals surface area contributed by atoms with E-state index in [4.69, 9.17) is 5.11 Å². The van der Waals surface area contributed by atoms with E-state index in [-0.39, 0.29) is 17.7 Å². The predicted octanol–water partition coefficient (Wildman–Crippen LogP) is 3.06. The first-order valence-corrected chi connectivity index (χ1v) is 9.08. The van der Waals surface area contributed by atoms with Crippen molar-refractivity contribution in [3.05, 3.63) is 41.0 Å². The number of piperidine rings is 1. The number of allylic oxidation sites excluding steroid dienone is 1. The number of hydrogen-bond acceptors (Lipinski definition) is 3. The second-order valence-electron chi connectivity index (χ2n) is 7.05. The van der Waals surface area contributed by atoms with Gasteiger partial charge in [-0.25, -0.2) is 0 Å². The third kappa shape index (κ3) is 3.95. The van der Waals surface area contributed by atoms with Gasteiger partial charge in [0.1, 0.15) is 0 Å². The van der Waals surface area contributed by atoms with Gasteiger partial charge in [-0.2, -0.15) is 0 Å². The number of carbonyl (C=O) groups is 3. The lowest BCUT2D eigenvalue weighted by atomic mass is 9.96. The molecule has 138 valence electrons. The van der Waals surface area contributed by atoms with Gasteiger partial charge >= 0.3 is 5.97 Å². The van der Waals surface area contributed by atoms with E-state index in [9.17, 15) is 14.4 Å². The molecule has 1 heterocycles. The SMILES string of the molecule is CC1=C(C(=O)Nc2ccc(C(=O)N3CCC(C(=O)O)CC3)cc2)CCC1. The highest BCUT2D eigenvalue weighted by molar-refractivity contribution is 6.04. The summed E-state index contributed by atoms with van der Waals surface area (Å²) in [7, 11) is 0. The molecule has 1 fully saturated rings. The fourth-order valence-electron chi connectivity index (χ4n) is 3.62. The number of hydrogen-bond donors (Lipinski definition) is 2. The van der Waals surface area contributed by atoms with Crippen molar-refractivity contribution in [3.63, 3.8) is 0 Å². The molecule has 6 heteroatoms. The fourth-order valence-corrected chi connectivity index (χ4v) is 3.62. The van der Waals surface area contributed by atoms with Crippen LogP contribution in [0.25, 0.3) is 0 Å². The van der Waals surface area contributed by atoms with Crippen molar-refractivity contribution >= 4 is 23.5 Å². The van der Waals surface area contributed by atoms with Crippen LogP contribution in [0.2, 0.25) is 0 Å². The van der Waals surface area contributed by atoms with E-state index in [0.29, 0.717) is 37.2 Å². The van der Waals surface area contributed by atoms with Crippen LogP contribution in [0.4, 0.5) is 5.69 Å². The Bertz CT molecular complexity index is 744. The highest BCUT2D eigenvalue weighted by Crippen LogP contribution is 2.26. The molecule has 2 N–H and O–H groups in total. The Hall–Kier alpha value is -2.63. The number of likely N-dealkylation sites (tertiary alicyclic amines) is 1. The molecule has 2 amide bonds. The Morgan fingerprint density at radius 3 is 2.27 bits per heavy atom. The zero-order chi connectivity index (χ0) is 18.7. The van der Waals surface area contributed by atoms with Gasteiger partial charge in [-0.3, -0.25) is 14.4 Å². The molecular weight excluding hydrogens is 332 g/mol. The minimum atomic E-state index is -0.787. The Morgan fingerprint density at radius 2 is 1.73 bits per heavy atom. The van der Waals surface area contributed by atoms with E-state index >= 15 is 0 Å². The highest BCUT2D eigenvalue weighted by atomic mass is 16.4. The van der Waals surface area contributed by atoms with Gasteiger partial charge in [0.15, 0.2) is 0 Å². The van der Waals surface area contributed by atoms with Gasteiger partial charge in [0.25, 0.3) is 11.8 Å². The molecule has 1 aromatic rings. The largest absolute Gasteiger partial charge is 0.481 e. The molecule has 0 unspecified atom stereocenters. The molecule has 1 aromatic carbocycles. The average Bonchev–Trinajstić information content (AvgIpc) is 3.08. The van der Waals surface area contributed by atoms with Gasteiger partial charge in [-0.1, -0.05) is 5.57 Å². The van der Waals surface area contributed by atoms with Crippen molar-refractivity contribution < 1.29 is 19.5 Å². The number of carboxylic acid groups (broad SMARTS) is 1. The number of carboxylic acids is 1. The van der Waals surface area contributed by atoms with E-state index in [0.717, 1.165) is 30.4 Å². The molecule has 0 saturated carbocycles. The quantitative estimate of drug-likeness (QED) is 0.868. The molecule has 0 bridgehead atoms. The summed E-state index contributed by atoms with van der Waals surface area (Å²) >= 11 is 0. The Balaban J connectivity index is 1.59. The maximum Gasteiger partial charge on any atom is 0.306 e. The summed E-state index contributed by atoms with van der Waals surface area (Å²) in [6.45, 7) is 2.92. The van der Waals surface area contributed by atoms with E-state index in [2.05, 4.69) is 5.32 Å². The van der Waals surface area contributed by atoms with Gasteiger partial charge in [0.05, 0.1) is 5.92 Å². The first-order valence-electron chi connectivity index (χ1n) is 9.08. The molecule has 1 saturated heterocycles. The first kappa shape index (κ1) is 18.2. The predicted molar refractivity (Wildman–Crippen MR) is 97.9 cm³/mol. The average molecular weight is 356 g/mol. The summed E-state index contributed by atoms with van der Waals surface area (Å²) in [5.41, 5.74) is 3.24. The maximum atomic E-state index is 12.5. The van der Waals surface area contributed by atoms with Crippen LogP contribution in [-0.2, 0) is 9.59 Å². The number of nitrogens with zero attached hydrogens (tertiary/aromatic N) is 1. The third-order valence-electron chi connectivity index (χ3n) is 5.29. The summed E-state index contributed by atoms with van der Waals surface area (Å²) in [4.78, 5) is 37.5. The molecule has 0 radical (unpaired) electrons. The van der Waals surface area contributed by atoms with Crippen LogP contribution in [0.15, 0.2) is 35.4 Å². The Morgan fingerprint density at radius 1 is 1.08 bits per heavy atom. The van der Waals surface area contributed by atoms with Gasteiger partial charge in [0, 0.05) is 29.9 Å². The van der Waals surface area contributed by atoms with E-state index in [1.54, 1.807) is 29.2 Å². The van der Waals surface area contributed by atoms with Gasteiger partial charge in [-0.15, -0.1) is 0 Å². The van der Waals surface area contributed by atoms with E-state index in [1.165, 1.54) is 0 Å². The van der Waals surface area contributed by atoms with Crippen LogP contribution < -0.4 is 5.32 Å². The lowest BCUT2D eigenvalue weighted by Gasteiger charge is -2.30. The number of aliphatic carboxylic acids is 1. The van der Waals surface area contributed by atoms with Crippen LogP contribution in [0.5, 0.6) is 0 Å². The number of rotatable bonds is 4. The molecule has 1 aliphatic heterocycles. The summed E-state index contributed by atoms with van der Waals surface area (Å²) in [5.74, 6) is -1.30. The van der Waals surface area contributed by atoms with Crippen LogP contribution in [0.3, 0.4) is 0 Å². The highest BCUT2D eigenvalue weighted by Gasteiger charge is 2.27. The molecule has 2 aliphatic rings. The van der Waals surface area contributed by atoms with Crippen molar-refractivity contribution in [1.82, 2.24) is 4.90 Å². The minimum absolute atomic E-state index is 0.0604. The zero-order valence-electron chi connectivity index (χ0n) is 15.0. The lowest BCUT2D eigenvalue weighted by Crippen LogP contribution is -2.40. The number of nitrogens with one attached hydrogen (secondary N) is 1. The summed E-state index contributed by atoms with van der Waals surface area (Å²) in [6, 6.07) is 6.88. The maximum absolute atomic E-state index is 12.5. The lowest BCUT2D eigenvalue weighted by molar-refractivity contribution is -0.143. The topological polar surface area (TPSA) is 86.7 Å². The van der Waals surface area contributed by atoms with Crippen molar-refractivity contribution in [2.24, 2.45) is 5.92 Å². The molecule has 26 heavy (non-hydrogen) atoms. The zero-order valence-corrected chi connectivity index (χ0v) is 15.0. The second-order valence-corrected chi connectivity index (χ2v) is 7.05. The Labute approximate surface area is 152 Å². The van der Waals surface area contributed by atoms with Crippen LogP contribution in [0.1, 0.15) is 49.4 Å². The molecule has 0 atom stereocenters. The van der Waals surface area contributed by atoms with Crippen LogP contribution >= 0.6 is 0 Å². The van der Waals surface area contributed by atoms with Gasteiger partial charge < -0.3 is 15.3 Å². The summed E-state index contributed by atoms with van der Waals surface area (Å²) in [5, 5.41) is 11.9. The monoisotopic (exact) mass is 356 g/mol. The number of amides is 2. The third-order valence-corrected chi connectivity index (χ3v) is 5.29. The van der Waals surface area contributed by atoms with Crippen molar-refractivity contribution in [1.29, 1.82) is 0 Å². The van der Waals surface area contributed by atoms with Gasteiger partial charge in [0.2, 0.25) is 0 Å². The molecule has 6 nitrogen and oxygen atoms in total. The van der Waals surface area contributed by atoms with Crippen LogP contribution in [0, 0.1) is 5.92 Å². The normalized spacial score (nSPS) is 18.1. The Kier molecular flexibility index (Phi) is 5.40. The number of anilines is 1. The minimum Gasteiger partial charge on any atom is -0.481 e. The smallest absolute Gasteiger partial charge is 0.306 e. The fraction of sp³-hybridized carbons (Fsp3) is 0.450. The van der Waals surface area contributed by atoms with Crippen LogP contribution in [-0.4, -0.2) is 40.9 Å². The molecular formula is C20H24N2O4. The molecule has 0 aromatic heterocycles. The molecule has 3 rings (SSSR count). The number of carbonyl (C=O) groups excluding carboxylic acids is 2. The van der Waals surface area contributed by atoms with Crippen molar-refractivity contribution in [2.45, 2.75) is 39.0 Å². The number of benzene rings is 1. The standard InChI is InChI=1S/C20H24N2O4/c1-13-3-2-4-17(13)18(23)21-16-7-5-14(6-8-16)19(24)22-11-9-15(10-12-22)20(25)26/h5-8,15H,2-4,9-12H2,1H3,(H,21,23)(H,25,26).